The minimum atomic E-state index is -1.42. The van der Waals surface area contributed by atoms with Gasteiger partial charge in [-0.15, -0.1) is 0 Å². The zero-order valence-electron chi connectivity index (χ0n) is 17.7. The molecule has 2 aliphatic heterocycles. The molecule has 2 fully saturated rings. The van der Waals surface area contributed by atoms with E-state index in [0.29, 0.717) is 32.2 Å². The van der Waals surface area contributed by atoms with Crippen molar-refractivity contribution in [2.24, 2.45) is 11.8 Å². The second-order valence-electron chi connectivity index (χ2n) is 8.56. The first-order valence-corrected chi connectivity index (χ1v) is 10.8. The molecule has 3 aliphatic rings. The number of nitrogens with zero attached hydrogens (tertiary/aromatic N) is 3. The van der Waals surface area contributed by atoms with Crippen molar-refractivity contribution < 1.29 is 34.4 Å². The molecule has 12 heteroatoms. The molecule has 12 nitrogen and oxygen atoms in total. The van der Waals surface area contributed by atoms with Crippen LogP contribution in [0, 0.1) is 11.8 Å². The minimum Gasteiger partial charge on any atom is -0.394 e. The maximum absolute atomic E-state index is 12.6. The van der Waals surface area contributed by atoms with Crippen molar-refractivity contribution in [1.29, 1.82) is 0 Å². The topological polar surface area (TPSA) is 171 Å². The van der Waals surface area contributed by atoms with Gasteiger partial charge in [0, 0.05) is 30.8 Å². The van der Waals surface area contributed by atoms with E-state index in [1.165, 1.54) is 29.3 Å². The van der Waals surface area contributed by atoms with Crippen molar-refractivity contribution in [3.8, 4) is 0 Å². The van der Waals surface area contributed by atoms with Crippen molar-refractivity contribution in [3.05, 3.63) is 34.9 Å². The van der Waals surface area contributed by atoms with E-state index in [0.717, 1.165) is 4.57 Å². The SMILES string of the molecule is O=C(Nc1ccn([C@@H]2O[C@H](CO)[C@H](O)[C@@H]2O)c(=O)n1)C1CCC(CN2C(=O)C=CC2=O)CC1. The van der Waals surface area contributed by atoms with Crippen molar-refractivity contribution >= 4 is 23.5 Å². The van der Waals surface area contributed by atoms with Crippen LogP contribution in [0.2, 0.25) is 0 Å². The summed E-state index contributed by atoms with van der Waals surface area (Å²) in [4.78, 5) is 53.5. The molecule has 0 aromatic carbocycles. The van der Waals surface area contributed by atoms with Gasteiger partial charge in [0.05, 0.1) is 6.61 Å². The summed E-state index contributed by atoms with van der Waals surface area (Å²) in [6.07, 6.45) is 1.36. The van der Waals surface area contributed by atoms with E-state index in [2.05, 4.69) is 10.3 Å². The fourth-order valence-corrected chi connectivity index (χ4v) is 4.49. The van der Waals surface area contributed by atoms with Gasteiger partial charge in [-0.1, -0.05) is 0 Å². The molecule has 4 N–H and O–H groups in total. The number of carbonyl (C=O) groups is 3. The van der Waals surface area contributed by atoms with Crippen molar-refractivity contribution in [2.45, 2.75) is 50.2 Å². The number of amides is 3. The van der Waals surface area contributed by atoms with Gasteiger partial charge in [0.25, 0.3) is 11.8 Å². The summed E-state index contributed by atoms with van der Waals surface area (Å²) in [6.45, 7) is -0.172. The van der Waals surface area contributed by atoms with E-state index >= 15 is 0 Å². The van der Waals surface area contributed by atoms with Crippen LogP contribution < -0.4 is 11.0 Å². The smallest absolute Gasteiger partial charge is 0.351 e. The first-order chi connectivity index (χ1) is 15.8. The maximum atomic E-state index is 12.6. The van der Waals surface area contributed by atoms with Crippen LogP contribution in [0.15, 0.2) is 29.2 Å². The van der Waals surface area contributed by atoms with Crippen LogP contribution in [-0.4, -0.2) is 79.0 Å². The summed E-state index contributed by atoms with van der Waals surface area (Å²) in [6, 6.07) is 1.39. The Morgan fingerprint density at radius 3 is 2.33 bits per heavy atom. The van der Waals surface area contributed by atoms with Gasteiger partial charge in [0.2, 0.25) is 5.91 Å². The molecule has 0 bridgehead atoms. The Labute approximate surface area is 188 Å². The predicted molar refractivity (Wildman–Crippen MR) is 111 cm³/mol. The maximum Gasteiger partial charge on any atom is 0.351 e. The number of aliphatic hydroxyl groups is 3. The highest BCUT2D eigenvalue weighted by Gasteiger charge is 2.43. The number of hydrogen-bond acceptors (Lipinski definition) is 9. The number of carbonyl (C=O) groups excluding carboxylic acids is 3. The molecular formula is C21H26N4O8. The van der Waals surface area contributed by atoms with E-state index in [-0.39, 0.29) is 35.4 Å². The second kappa shape index (κ2) is 9.51. The third-order valence-corrected chi connectivity index (χ3v) is 6.43. The molecule has 1 saturated heterocycles. The zero-order valence-corrected chi connectivity index (χ0v) is 17.7. The first-order valence-electron chi connectivity index (χ1n) is 10.8. The van der Waals surface area contributed by atoms with E-state index in [9.17, 15) is 34.5 Å². The van der Waals surface area contributed by atoms with Gasteiger partial charge >= 0.3 is 5.69 Å². The standard InChI is InChI=1S/C21H26N4O8/c26-10-13-17(29)18(30)20(33-13)24-8-7-14(23-21(24)32)22-19(31)12-3-1-11(2-4-12)9-25-15(27)5-6-16(25)28/h5-8,11-13,17-18,20,26,29-30H,1-4,9-10H2,(H,22,23,31,32)/t11?,12?,13-,17+,18+,20-/m1/s1. The van der Waals surface area contributed by atoms with Crippen LogP contribution in [0.5, 0.6) is 0 Å². The monoisotopic (exact) mass is 462 g/mol. The lowest BCUT2D eigenvalue weighted by molar-refractivity contribution is -0.138. The molecule has 0 unspecified atom stereocenters. The van der Waals surface area contributed by atoms with Crippen molar-refractivity contribution in [2.75, 3.05) is 18.5 Å². The Hall–Kier alpha value is -2.93. The van der Waals surface area contributed by atoms with Gasteiger partial charge in [-0.2, -0.15) is 4.98 Å². The molecule has 0 radical (unpaired) electrons. The molecule has 4 atom stereocenters. The molecule has 3 heterocycles. The largest absolute Gasteiger partial charge is 0.394 e. The summed E-state index contributed by atoms with van der Waals surface area (Å²) in [5, 5.41) is 31.7. The Morgan fingerprint density at radius 2 is 1.76 bits per heavy atom. The first kappa shape index (κ1) is 23.2. The van der Waals surface area contributed by atoms with E-state index < -0.39 is 36.8 Å². The van der Waals surface area contributed by atoms with E-state index in [4.69, 9.17) is 4.74 Å². The molecule has 3 amide bonds. The highest BCUT2D eigenvalue weighted by Crippen LogP contribution is 2.31. The van der Waals surface area contributed by atoms with E-state index in [1.54, 1.807) is 0 Å². The summed E-state index contributed by atoms with van der Waals surface area (Å²) in [7, 11) is 0. The quantitative estimate of drug-likeness (QED) is 0.368. The highest BCUT2D eigenvalue weighted by molar-refractivity contribution is 6.12. The van der Waals surface area contributed by atoms with Crippen LogP contribution >= 0.6 is 0 Å². The molecule has 1 saturated carbocycles. The van der Waals surface area contributed by atoms with E-state index in [1.807, 2.05) is 0 Å². The molecule has 178 valence electrons. The molecule has 1 aromatic heterocycles. The number of nitrogens with one attached hydrogen (secondary N) is 1. The number of aromatic nitrogens is 2. The summed E-state index contributed by atoms with van der Waals surface area (Å²) in [5.74, 6) is -0.987. The van der Waals surface area contributed by atoms with Crippen molar-refractivity contribution in [3.63, 3.8) is 0 Å². The summed E-state index contributed by atoms with van der Waals surface area (Å²) < 4.78 is 6.31. The van der Waals surface area contributed by atoms with Gasteiger partial charge in [-0.25, -0.2) is 4.79 Å². The fourth-order valence-electron chi connectivity index (χ4n) is 4.49. The Balaban J connectivity index is 1.31. The Morgan fingerprint density at radius 1 is 1.09 bits per heavy atom. The van der Waals surface area contributed by atoms with Gasteiger partial charge in [0.15, 0.2) is 6.23 Å². The molecule has 33 heavy (non-hydrogen) atoms. The van der Waals surface area contributed by atoms with Gasteiger partial charge < -0.3 is 25.4 Å². The lowest BCUT2D eigenvalue weighted by Crippen LogP contribution is -2.37. The predicted octanol–water partition coefficient (Wildman–Crippen LogP) is -1.48. The van der Waals surface area contributed by atoms with Gasteiger partial charge in [-0.05, 0) is 37.7 Å². The van der Waals surface area contributed by atoms with Crippen LogP contribution in [0.3, 0.4) is 0 Å². The average molecular weight is 462 g/mol. The lowest BCUT2D eigenvalue weighted by atomic mass is 9.81. The summed E-state index contributed by atoms with van der Waals surface area (Å²) >= 11 is 0. The second-order valence-corrected chi connectivity index (χ2v) is 8.56. The third-order valence-electron chi connectivity index (χ3n) is 6.43. The fraction of sp³-hybridized carbons (Fsp3) is 0.571. The van der Waals surface area contributed by atoms with Crippen LogP contribution in [-0.2, 0) is 19.1 Å². The summed E-state index contributed by atoms with van der Waals surface area (Å²) in [5.41, 5.74) is -0.792. The average Bonchev–Trinajstić information content (AvgIpc) is 3.27. The Kier molecular flexibility index (Phi) is 6.70. The molecule has 1 aromatic rings. The zero-order chi connectivity index (χ0) is 23.7. The molecule has 0 spiro atoms. The number of rotatable bonds is 6. The third kappa shape index (κ3) is 4.74. The van der Waals surface area contributed by atoms with Crippen LogP contribution in [0.1, 0.15) is 31.9 Å². The highest BCUT2D eigenvalue weighted by atomic mass is 16.6. The number of aliphatic hydroxyl groups excluding tert-OH is 3. The van der Waals surface area contributed by atoms with Crippen LogP contribution in [0.4, 0.5) is 5.82 Å². The lowest BCUT2D eigenvalue weighted by Gasteiger charge is -2.29. The number of anilines is 1. The van der Waals surface area contributed by atoms with Gasteiger partial charge in [-0.3, -0.25) is 23.9 Å². The van der Waals surface area contributed by atoms with Crippen molar-refractivity contribution in [1.82, 2.24) is 14.5 Å². The molecular weight excluding hydrogens is 436 g/mol. The van der Waals surface area contributed by atoms with Crippen LogP contribution in [0.25, 0.3) is 0 Å². The Bertz CT molecular complexity index is 998. The number of ether oxygens (including phenoxy) is 1. The number of imide groups is 1. The van der Waals surface area contributed by atoms with Gasteiger partial charge in [0.1, 0.15) is 24.1 Å². The molecule has 1 aliphatic carbocycles. The minimum absolute atomic E-state index is 0.0504. The molecule has 4 rings (SSSR count). The normalized spacial score (nSPS) is 31.9. The number of hydrogen-bond donors (Lipinski definition) is 4.